The number of hydrogen-bond donors (Lipinski definition) is 3. The van der Waals surface area contributed by atoms with Gasteiger partial charge in [0.2, 0.25) is 5.91 Å². The third-order valence-electron chi connectivity index (χ3n) is 2.74. The highest BCUT2D eigenvalue weighted by atomic mass is 79.9. The summed E-state index contributed by atoms with van der Waals surface area (Å²) in [6, 6.07) is 7.15. The van der Waals surface area contributed by atoms with Crippen molar-refractivity contribution < 1.29 is 9.90 Å². The second-order valence-electron chi connectivity index (χ2n) is 5.94. The number of aliphatic hydroxyl groups is 1. The van der Waals surface area contributed by atoms with Crippen LogP contribution in [0, 0.1) is 0 Å². The molecule has 1 rings (SSSR count). The van der Waals surface area contributed by atoms with Gasteiger partial charge in [0.25, 0.3) is 0 Å². The molecule has 112 valence electrons. The number of amides is 1. The van der Waals surface area contributed by atoms with E-state index in [0.717, 1.165) is 10.0 Å². The maximum atomic E-state index is 11.9. The summed E-state index contributed by atoms with van der Waals surface area (Å²) in [5.41, 5.74) is 0.561. The predicted molar refractivity (Wildman–Crippen MR) is 84.5 cm³/mol. The summed E-state index contributed by atoms with van der Waals surface area (Å²) in [6.07, 6.45) is -0.641. The maximum Gasteiger partial charge on any atom is 0.237 e. The monoisotopic (exact) mass is 342 g/mol. The topological polar surface area (TPSA) is 61.4 Å². The van der Waals surface area contributed by atoms with Gasteiger partial charge in [0.1, 0.15) is 0 Å². The lowest BCUT2D eigenvalue weighted by Crippen LogP contribution is -2.50. The molecule has 1 aromatic rings. The molecule has 3 N–H and O–H groups in total. The minimum atomic E-state index is -0.641. The van der Waals surface area contributed by atoms with Crippen LogP contribution in [0.25, 0.3) is 0 Å². The van der Waals surface area contributed by atoms with Crippen molar-refractivity contribution in [2.24, 2.45) is 0 Å². The molecule has 20 heavy (non-hydrogen) atoms. The van der Waals surface area contributed by atoms with Crippen molar-refractivity contribution in [1.82, 2.24) is 10.6 Å². The van der Waals surface area contributed by atoms with E-state index >= 15 is 0 Å². The number of aliphatic hydroxyl groups excluding tert-OH is 1. The highest BCUT2D eigenvalue weighted by molar-refractivity contribution is 9.10. The second kappa shape index (κ2) is 7.20. The average molecular weight is 343 g/mol. The molecule has 1 aromatic carbocycles. The summed E-state index contributed by atoms with van der Waals surface area (Å²) in [7, 11) is 0. The molecule has 0 spiro atoms. The summed E-state index contributed by atoms with van der Waals surface area (Å²) < 4.78 is 0.924. The van der Waals surface area contributed by atoms with Crippen LogP contribution in [0.4, 0.5) is 0 Å². The van der Waals surface area contributed by atoms with Crippen molar-refractivity contribution in [1.29, 1.82) is 0 Å². The highest BCUT2D eigenvalue weighted by Gasteiger charge is 2.19. The van der Waals surface area contributed by atoms with E-state index in [9.17, 15) is 9.90 Å². The lowest BCUT2D eigenvalue weighted by Gasteiger charge is -2.24. The molecule has 0 radical (unpaired) electrons. The first kappa shape index (κ1) is 17.1. The van der Waals surface area contributed by atoms with Crippen LogP contribution in [-0.4, -0.2) is 29.1 Å². The first-order valence-corrected chi connectivity index (χ1v) is 7.47. The number of hydrogen-bond acceptors (Lipinski definition) is 3. The fraction of sp³-hybridized carbons (Fsp3) is 0.533. The van der Waals surface area contributed by atoms with Crippen LogP contribution in [0.15, 0.2) is 28.7 Å². The SMILES string of the molecule is CC(NCC(O)c1cccc(Br)c1)C(=O)NC(C)(C)C. The summed E-state index contributed by atoms with van der Waals surface area (Å²) in [5.74, 6) is -0.0704. The van der Waals surface area contributed by atoms with E-state index in [1.807, 2.05) is 45.0 Å². The quantitative estimate of drug-likeness (QED) is 0.769. The van der Waals surface area contributed by atoms with Gasteiger partial charge in [-0.15, -0.1) is 0 Å². The van der Waals surface area contributed by atoms with E-state index in [0.29, 0.717) is 6.54 Å². The van der Waals surface area contributed by atoms with E-state index in [-0.39, 0.29) is 17.5 Å². The van der Waals surface area contributed by atoms with Gasteiger partial charge in [-0.25, -0.2) is 0 Å². The van der Waals surface area contributed by atoms with E-state index in [2.05, 4.69) is 26.6 Å². The molecule has 0 aliphatic rings. The lowest BCUT2D eigenvalue weighted by atomic mass is 10.1. The van der Waals surface area contributed by atoms with Crippen molar-refractivity contribution in [3.05, 3.63) is 34.3 Å². The Hall–Kier alpha value is -0.910. The molecular weight excluding hydrogens is 320 g/mol. The summed E-state index contributed by atoms with van der Waals surface area (Å²) in [5, 5.41) is 16.0. The van der Waals surface area contributed by atoms with Gasteiger partial charge in [0, 0.05) is 16.6 Å². The average Bonchev–Trinajstić information content (AvgIpc) is 2.33. The smallest absolute Gasteiger partial charge is 0.237 e. The van der Waals surface area contributed by atoms with Gasteiger partial charge in [-0.2, -0.15) is 0 Å². The minimum absolute atomic E-state index is 0.0704. The summed E-state index contributed by atoms with van der Waals surface area (Å²) in [4.78, 5) is 11.9. The van der Waals surface area contributed by atoms with Gasteiger partial charge in [-0.3, -0.25) is 4.79 Å². The Kier molecular flexibility index (Phi) is 6.17. The van der Waals surface area contributed by atoms with Gasteiger partial charge in [-0.05, 0) is 45.4 Å². The van der Waals surface area contributed by atoms with Gasteiger partial charge in [-0.1, -0.05) is 28.1 Å². The molecule has 2 atom stereocenters. The molecule has 2 unspecified atom stereocenters. The normalized spacial score (nSPS) is 14.7. The van der Waals surface area contributed by atoms with Gasteiger partial charge in [0.05, 0.1) is 12.1 Å². The van der Waals surface area contributed by atoms with Crippen molar-refractivity contribution in [3.63, 3.8) is 0 Å². The fourth-order valence-corrected chi connectivity index (χ4v) is 2.11. The zero-order valence-electron chi connectivity index (χ0n) is 12.4. The first-order valence-electron chi connectivity index (χ1n) is 6.68. The van der Waals surface area contributed by atoms with Crippen molar-refractivity contribution >= 4 is 21.8 Å². The molecular formula is C15H23BrN2O2. The molecule has 0 saturated heterocycles. The molecule has 0 saturated carbocycles. The number of rotatable bonds is 5. The largest absolute Gasteiger partial charge is 0.387 e. The zero-order chi connectivity index (χ0) is 15.3. The molecule has 5 heteroatoms. The molecule has 0 bridgehead atoms. The van der Waals surface area contributed by atoms with Crippen LogP contribution in [-0.2, 0) is 4.79 Å². The number of carbonyl (C=O) groups is 1. The van der Waals surface area contributed by atoms with E-state index in [1.165, 1.54) is 0 Å². The molecule has 0 fully saturated rings. The van der Waals surface area contributed by atoms with Gasteiger partial charge >= 0.3 is 0 Å². The number of carbonyl (C=O) groups excluding carboxylic acids is 1. The highest BCUT2D eigenvalue weighted by Crippen LogP contribution is 2.17. The first-order chi connectivity index (χ1) is 9.19. The standard InChI is InChI=1S/C15H23BrN2O2/c1-10(14(20)18-15(2,3)4)17-9-13(19)11-6-5-7-12(16)8-11/h5-8,10,13,17,19H,9H2,1-4H3,(H,18,20). The Morgan fingerprint density at radius 1 is 1.40 bits per heavy atom. The third-order valence-corrected chi connectivity index (χ3v) is 3.24. The van der Waals surface area contributed by atoms with Crippen LogP contribution in [0.2, 0.25) is 0 Å². The maximum absolute atomic E-state index is 11.9. The summed E-state index contributed by atoms with van der Waals surface area (Å²) in [6.45, 7) is 7.93. The molecule has 0 aromatic heterocycles. The molecule has 0 heterocycles. The molecule has 4 nitrogen and oxygen atoms in total. The number of benzene rings is 1. The van der Waals surface area contributed by atoms with Crippen molar-refractivity contribution in [3.8, 4) is 0 Å². The number of nitrogens with one attached hydrogen (secondary N) is 2. The van der Waals surface area contributed by atoms with E-state index in [1.54, 1.807) is 6.92 Å². The Morgan fingerprint density at radius 3 is 2.60 bits per heavy atom. The fourth-order valence-electron chi connectivity index (χ4n) is 1.69. The van der Waals surface area contributed by atoms with Crippen molar-refractivity contribution in [2.45, 2.75) is 45.4 Å². The zero-order valence-corrected chi connectivity index (χ0v) is 14.0. The lowest BCUT2D eigenvalue weighted by molar-refractivity contribution is -0.124. The molecule has 1 amide bonds. The minimum Gasteiger partial charge on any atom is -0.387 e. The van der Waals surface area contributed by atoms with Crippen LogP contribution < -0.4 is 10.6 Å². The number of halogens is 1. The third kappa shape index (κ3) is 6.03. The molecule has 0 aliphatic carbocycles. The van der Waals surface area contributed by atoms with Gasteiger partial charge in [0.15, 0.2) is 0 Å². The van der Waals surface area contributed by atoms with E-state index < -0.39 is 6.10 Å². The van der Waals surface area contributed by atoms with Crippen LogP contribution in [0.3, 0.4) is 0 Å². The van der Waals surface area contributed by atoms with Crippen LogP contribution in [0.1, 0.15) is 39.4 Å². The Labute approximate surface area is 129 Å². The Balaban J connectivity index is 2.48. The summed E-state index contributed by atoms with van der Waals surface area (Å²) >= 11 is 3.37. The predicted octanol–water partition coefficient (Wildman–Crippen LogP) is 2.38. The van der Waals surface area contributed by atoms with Crippen LogP contribution >= 0.6 is 15.9 Å². The van der Waals surface area contributed by atoms with Gasteiger partial charge < -0.3 is 15.7 Å². The van der Waals surface area contributed by atoms with Crippen molar-refractivity contribution in [2.75, 3.05) is 6.54 Å². The molecule has 0 aliphatic heterocycles. The Morgan fingerprint density at radius 2 is 2.05 bits per heavy atom. The van der Waals surface area contributed by atoms with Crippen LogP contribution in [0.5, 0.6) is 0 Å². The Bertz CT molecular complexity index is 457. The van der Waals surface area contributed by atoms with E-state index in [4.69, 9.17) is 0 Å². The second-order valence-corrected chi connectivity index (χ2v) is 6.86.